The summed E-state index contributed by atoms with van der Waals surface area (Å²) < 4.78 is 16.9. The molecule has 1 N–H and O–H groups in total. The number of aryl methyl sites for hydroxylation is 1. The van der Waals surface area contributed by atoms with Crippen LogP contribution in [-0.4, -0.2) is 48.0 Å². The number of methoxy groups -OCH3 is 3. The fourth-order valence-corrected chi connectivity index (χ4v) is 2.27. The summed E-state index contributed by atoms with van der Waals surface area (Å²) in [5.74, 6) is -0.331. The minimum absolute atomic E-state index is 0.142. The van der Waals surface area contributed by atoms with E-state index >= 15 is 0 Å². The smallest absolute Gasteiger partial charge is 0.325 e. The summed E-state index contributed by atoms with van der Waals surface area (Å²) in [7, 11) is 4.38. The SMILES string of the molecule is COc1cc(C(=O)c2cc(C)n(CC(=O)O)n2)cc(OC)c1OC. The van der Waals surface area contributed by atoms with E-state index in [1.54, 1.807) is 6.92 Å². The van der Waals surface area contributed by atoms with Gasteiger partial charge in [0.05, 0.1) is 21.3 Å². The first-order valence-electron chi connectivity index (χ1n) is 7.02. The summed E-state index contributed by atoms with van der Waals surface area (Å²) in [5.41, 5.74) is 1.01. The van der Waals surface area contributed by atoms with E-state index in [1.807, 2.05) is 0 Å². The molecule has 0 unspecified atom stereocenters. The normalized spacial score (nSPS) is 10.3. The highest BCUT2D eigenvalue weighted by atomic mass is 16.5. The largest absolute Gasteiger partial charge is 0.493 e. The number of hydrogen-bond acceptors (Lipinski definition) is 6. The van der Waals surface area contributed by atoms with E-state index in [0.29, 0.717) is 28.5 Å². The lowest BCUT2D eigenvalue weighted by Gasteiger charge is -2.13. The van der Waals surface area contributed by atoms with Crippen LogP contribution in [0.3, 0.4) is 0 Å². The number of carboxylic acids is 1. The first kappa shape index (κ1) is 17.3. The van der Waals surface area contributed by atoms with Crippen LogP contribution in [0.15, 0.2) is 18.2 Å². The van der Waals surface area contributed by atoms with Gasteiger partial charge in [0.1, 0.15) is 12.2 Å². The number of rotatable bonds is 7. The van der Waals surface area contributed by atoms with Crippen LogP contribution in [0.25, 0.3) is 0 Å². The maximum absolute atomic E-state index is 12.7. The van der Waals surface area contributed by atoms with Gasteiger partial charge in [-0.3, -0.25) is 14.3 Å². The lowest BCUT2D eigenvalue weighted by molar-refractivity contribution is -0.137. The summed E-state index contributed by atoms with van der Waals surface area (Å²) in [6.45, 7) is 1.37. The van der Waals surface area contributed by atoms with Gasteiger partial charge in [-0.05, 0) is 25.1 Å². The van der Waals surface area contributed by atoms with Gasteiger partial charge in [-0.15, -0.1) is 0 Å². The Bertz CT molecular complexity index is 756. The molecule has 24 heavy (non-hydrogen) atoms. The molecule has 0 aliphatic rings. The van der Waals surface area contributed by atoms with Crippen molar-refractivity contribution in [3.8, 4) is 17.2 Å². The van der Waals surface area contributed by atoms with Crippen LogP contribution in [0.5, 0.6) is 17.2 Å². The Hall–Kier alpha value is -3.03. The number of aromatic nitrogens is 2. The number of hydrogen-bond donors (Lipinski definition) is 1. The second-order valence-corrected chi connectivity index (χ2v) is 4.97. The van der Waals surface area contributed by atoms with Crippen molar-refractivity contribution in [2.45, 2.75) is 13.5 Å². The van der Waals surface area contributed by atoms with Crippen LogP contribution in [0, 0.1) is 6.92 Å². The fourth-order valence-electron chi connectivity index (χ4n) is 2.27. The van der Waals surface area contributed by atoms with Crippen molar-refractivity contribution in [2.24, 2.45) is 0 Å². The van der Waals surface area contributed by atoms with Gasteiger partial charge in [-0.25, -0.2) is 0 Å². The Morgan fingerprint density at radius 2 is 1.67 bits per heavy atom. The van der Waals surface area contributed by atoms with Crippen LogP contribution in [-0.2, 0) is 11.3 Å². The van der Waals surface area contributed by atoms with Crippen molar-refractivity contribution in [2.75, 3.05) is 21.3 Å². The monoisotopic (exact) mass is 334 g/mol. The van der Waals surface area contributed by atoms with Crippen molar-refractivity contribution in [1.29, 1.82) is 0 Å². The Morgan fingerprint density at radius 3 is 2.12 bits per heavy atom. The molecule has 1 aromatic carbocycles. The van der Waals surface area contributed by atoms with Crippen LogP contribution < -0.4 is 14.2 Å². The van der Waals surface area contributed by atoms with Gasteiger partial charge in [-0.1, -0.05) is 0 Å². The summed E-state index contributed by atoms with van der Waals surface area (Å²) in [6, 6.07) is 4.58. The number of nitrogens with zero attached hydrogens (tertiary/aromatic N) is 2. The van der Waals surface area contributed by atoms with Crippen LogP contribution in [0.1, 0.15) is 21.7 Å². The average Bonchev–Trinajstić information content (AvgIpc) is 2.92. The molecule has 1 aromatic heterocycles. The number of carbonyl (C=O) groups excluding carboxylic acids is 1. The second-order valence-electron chi connectivity index (χ2n) is 4.97. The molecular formula is C16H18N2O6. The van der Waals surface area contributed by atoms with E-state index in [-0.39, 0.29) is 18.0 Å². The molecule has 8 nitrogen and oxygen atoms in total. The third-order valence-electron chi connectivity index (χ3n) is 3.43. The van der Waals surface area contributed by atoms with Gasteiger partial charge < -0.3 is 19.3 Å². The second kappa shape index (κ2) is 7.03. The number of benzene rings is 1. The molecule has 2 aromatic rings. The Balaban J connectivity index is 2.44. The van der Waals surface area contributed by atoms with E-state index in [9.17, 15) is 9.59 Å². The molecule has 0 aliphatic heterocycles. The lowest BCUT2D eigenvalue weighted by Crippen LogP contribution is -2.12. The molecule has 0 radical (unpaired) electrons. The fraction of sp³-hybridized carbons (Fsp3) is 0.312. The number of carboxylic acid groups (broad SMARTS) is 1. The number of ether oxygens (including phenoxy) is 3. The van der Waals surface area contributed by atoms with E-state index in [4.69, 9.17) is 19.3 Å². The van der Waals surface area contributed by atoms with Crippen molar-refractivity contribution >= 4 is 11.8 Å². The molecule has 2 rings (SSSR count). The summed E-state index contributed by atoms with van der Waals surface area (Å²) >= 11 is 0. The topological polar surface area (TPSA) is 99.9 Å². The van der Waals surface area contributed by atoms with Crippen LogP contribution >= 0.6 is 0 Å². The number of carbonyl (C=O) groups is 2. The number of ketones is 1. The summed E-state index contributed by atoms with van der Waals surface area (Å²) in [4.78, 5) is 23.5. The molecule has 0 spiro atoms. The Kier molecular flexibility index (Phi) is 5.08. The maximum Gasteiger partial charge on any atom is 0.325 e. The van der Waals surface area contributed by atoms with Gasteiger partial charge in [0.15, 0.2) is 11.5 Å². The minimum atomic E-state index is -1.03. The number of aliphatic carboxylic acids is 1. The first-order chi connectivity index (χ1) is 11.4. The highest BCUT2D eigenvalue weighted by Gasteiger charge is 2.20. The van der Waals surface area contributed by atoms with Crippen molar-refractivity contribution in [1.82, 2.24) is 9.78 Å². The van der Waals surface area contributed by atoms with Gasteiger partial charge in [0.2, 0.25) is 11.5 Å². The molecule has 0 saturated carbocycles. The van der Waals surface area contributed by atoms with Gasteiger partial charge in [0, 0.05) is 11.3 Å². The maximum atomic E-state index is 12.7. The zero-order chi connectivity index (χ0) is 17.9. The zero-order valence-corrected chi connectivity index (χ0v) is 13.8. The quantitative estimate of drug-likeness (QED) is 0.766. The van der Waals surface area contributed by atoms with Crippen LogP contribution in [0.4, 0.5) is 0 Å². The Labute approximate surface area is 138 Å². The predicted octanol–water partition coefficient (Wildman–Crippen LogP) is 1.53. The Morgan fingerprint density at radius 1 is 1.08 bits per heavy atom. The van der Waals surface area contributed by atoms with Crippen molar-refractivity contribution < 1.29 is 28.9 Å². The molecule has 0 amide bonds. The molecule has 8 heteroatoms. The van der Waals surface area contributed by atoms with E-state index in [2.05, 4.69) is 5.10 Å². The molecule has 0 atom stereocenters. The highest BCUT2D eigenvalue weighted by Crippen LogP contribution is 2.38. The van der Waals surface area contributed by atoms with Crippen molar-refractivity contribution in [3.05, 3.63) is 35.2 Å². The summed E-state index contributed by atoms with van der Waals surface area (Å²) in [6.07, 6.45) is 0. The van der Waals surface area contributed by atoms with Gasteiger partial charge in [-0.2, -0.15) is 5.10 Å². The van der Waals surface area contributed by atoms with Gasteiger partial charge >= 0.3 is 5.97 Å². The van der Waals surface area contributed by atoms with Crippen LogP contribution in [0.2, 0.25) is 0 Å². The van der Waals surface area contributed by atoms with E-state index < -0.39 is 5.97 Å². The minimum Gasteiger partial charge on any atom is -0.493 e. The zero-order valence-electron chi connectivity index (χ0n) is 13.8. The third kappa shape index (κ3) is 3.32. The molecule has 0 aliphatic carbocycles. The molecular weight excluding hydrogens is 316 g/mol. The van der Waals surface area contributed by atoms with Gasteiger partial charge in [0.25, 0.3) is 0 Å². The molecule has 0 fully saturated rings. The summed E-state index contributed by atoms with van der Waals surface area (Å²) in [5, 5.41) is 12.9. The molecule has 128 valence electrons. The lowest BCUT2D eigenvalue weighted by atomic mass is 10.1. The first-order valence-corrected chi connectivity index (χ1v) is 7.02. The molecule has 1 heterocycles. The van der Waals surface area contributed by atoms with E-state index in [0.717, 1.165) is 0 Å². The third-order valence-corrected chi connectivity index (χ3v) is 3.43. The highest BCUT2D eigenvalue weighted by molar-refractivity contribution is 6.08. The molecule has 0 bridgehead atoms. The predicted molar refractivity (Wildman–Crippen MR) is 84.1 cm³/mol. The molecule has 0 saturated heterocycles. The van der Waals surface area contributed by atoms with E-state index in [1.165, 1.54) is 44.2 Å². The van der Waals surface area contributed by atoms with Crippen molar-refractivity contribution in [3.63, 3.8) is 0 Å². The standard InChI is InChI=1S/C16H18N2O6/c1-9-5-11(17-18(9)8-14(19)20)15(21)10-6-12(22-2)16(24-4)13(7-10)23-3/h5-7H,8H2,1-4H3,(H,19,20). The average molecular weight is 334 g/mol.